The molecule has 0 saturated heterocycles. The van der Waals surface area contributed by atoms with E-state index < -0.39 is 11.6 Å². The molecule has 3 heteroatoms. The van der Waals surface area contributed by atoms with Crippen LogP contribution in [-0.4, -0.2) is 4.57 Å². The maximum absolute atomic E-state index is 13.1. The lowest BCUT2D eigenvalue weighted by Crippen LogP contribution is -1.94. The molecule has 1 aromatic carbocycles. The van der Waals surface area contributed by atoms with Crippen LogP contribution in [0.25, 0.3) is 5.69 Å². The molecular formula is C10H6F2N. The molecule has 13 heavy (non-hydrogen) atoms. The molecule has 2 aromatic rings. The average molecular weight is 178 g/mol. The molecule has 0 spiro atoms. The summed E-state index contributed by atoms with van der Waals surface area (Å²) in [5.74, 6) is -1.15. The predicted octanol–water partition coefficient (Wildman–Crippen LogP) is 2.56. The van der Waals surface area contributed by atoms with Gasteiger partial charge in [0.05, 0.1) is 5.69 Å². The number of benzene rings is 1. The number of halogens is 2. The molecule has 0 unspecified atom stereocenters. The lowest BCUT2D eigenvalue weighted by Gasteiger charge is -2.03. The van der Waals surface area contributed by atoms with Gasteiger partial charge in [0.25, 0.3) is 0 Å². The Bertz CT molecular complexity index is 407. The Labute approximate surface area is 74.2 Å². The van der Waals surface area contributed by atoms with Crippen LogP contribution in [0, 0.1) is 17.7 Å². The van der Waals surface area contributed by atoms with Crippen molar-refractivity contribution in [3.05, 3.63) is 54.4 Å². The van der Waals surface area contributed by atoms with E-state index in [-0.39, 0.29) is 0 Å². The van der Waals surface area contributed by atoms with Crippen LogP contribution in [0.3, 0.4) is 0 Å². The minimum Gasteiger partial charge on any atom is -0.321 e. The Morgan fingerprint density at radius 1 is 1.23 bits per heavy atom. The first-order chi connectivity index (χ1) is 6.27. The van der Waals surface area contributed by atoms with Gasteiger partial charge in [-0.1, -0.05) is 0 Å². The molecule has 0 atom stereocenters. The van der Waals surface area contributed by atoms with E-state index >= 15 is 0 Å². The summed E-state index contributed by atoms with van der Waals surface area (Å²) in [5.41, 5.74) is 0.322. The van der Waals surface area contributed by atoms with Crippen LogP contribution in [0.15, 0.2) is 36.7 Å². The molecule has 1 heterocycles. The van der Waals surface area contributed by atoms with E-state index in [1.807, 2.05) is 0 Å². The van der Waals surface area contributed by atoms with Gasteiger partial charge in [0.1, 0.15) is 11.6 Å². The summed E-state index contributed by atoms with van der Waals surface area (Å²) in [6.45, 7) is 0. The van der Waals surface area contributed by atoms with Crippen LogP contribution in [-0.2, 0) is 0 Å². The summed E-state index contributed by atoms with van der Waals surface area (Å²) in [6.07, 6.45) is 3.23. The van der Waals surface area contributed by atoms with Crippen molar-refractivity contribution in [2.45, 2.75) is 0 Å². The molecule has 0 N–H and O–H groups in total. The van der Waals surface area contributed by atoms with Gasteiger partial charge in [-0.2, -0.15) is 0 Å². The Balaban J connectivity index is 2.53. The quantitative estimate of drug-likeness (QED) is 0.632. The van der Waals surface area contributed by atoms with Gasteiger partial charge in [-0.25, -0.2) is 8.78 Å². The van der Waals surface area contributed by atoms with Crippen molar-refractivity contribution in [1.82, 2.24) is 4.57 Å². The Hall–Kier alpha value is -1.64. The second kappa shape index (κ2) is 3.01. The van der Waals surface area contributed by atoms with Gasteiger partial charge in [-0.15, -0.1) is 0 Å². The van der Waals surface area contributed by atoms with Crippen molar-refractivity contribution in [3.63, 3.8) is 0 Å². The lowest BCUT2D eigenvalue weighted by atomic mass is 10.3. The van der Waals surface area contributed by atoms with Gasteiger partial charge < -0.3 is 4.57 Å². The maximum atomic E-state index is 13.1. The number of aromatic nitrogens is 1. The van der Waals surface area contributed by atoms with E-state index in [9.17, 15) is 8.78 Å². The van der Waals surface area contributed by atoms with Gasteiger partial charge in [-0.3, -0.25) is 0 Å². The SMILES string of the molecule is Fc1ccc(-n2c[c]cc2)c(F)c1. The Morgan fingerprint density at radius 3 is 2.69 bits per heavy atom. The monoisotopic (exact) mass is 178 g/mol. The van der Waals surface area contributed by atoms with Crippen molar-refractivity contribution < 1.29 is 8.78 Å². The second-order valence-corrected chi connectivity index (χ2v) is 2.61. The van der Waals surface area contributed by atoms with Crippen LogP contribution >= 0.6 is 0 Å². The topological polar surface area (TPSA) is 4.93 Å². The van der Waals surface area contributed by atoms with Crippen molar-refractivity contribution >= 4 is 0 Å². The van der Waals surface area contributed by atoms with Gasteiger partial charge in [0.2, 0.25) is 0 Å². The van der Waals surface area contributed by atoms with Gasteiger partial charge in [0, 0.05) is 24.5 Å². The van der Waals surface area contributed by atoms with E-state index in [0.29, 0.717) is 5.69 Å². The van der Waals surface area contributed by atoms with Crippen molar-refractivity contribution in [2.75, 3.05) is 0 Å². The molecule has 1 nitrogen and oxygen atoms in total. The molecule has 1 aromatic heterocycles. The molecule has 0 aliphatic rings. The van der Waals surface area contributed by atoms with Crippen molar-refractivity contribution in [3.8, 4) is 5.69 Å². The fourth-order valence-corrected chi connectivity index (χ4v) is 1.13. The summed E-state index contributed by atoms with van der Waals surface area (Å²) in [5, 5.41) is 0. The molecule has 1 radical (unpaired) electrons. The molecule has 0 bridgehead atoms. The number of nitrogens with zero attached hydrogens (tertiary/aromatic N) is 1. The minimum atomic E-state index is -0.579. The molecule has 2 rings (SSSR count). The summed E-state index contributed by atoms with van der Waals surface area (Å²) in [6, 6.07) is 7.89. The first-order valence-corrected chi connectivity index (χ1v) is 3.77. The third-order valence-electron chi connectivity index (χ3n) is 1.73. The van der Waals surface area contributed by atoms with Crippen molar-refractivity contribution in [1.29, 1.82) is 0 Å². The third-order valence-corrected chi connectivity index (χ3v) is 1.73. The maximum Gasteiger partial charge on any atom is 0.150 e. The highest BCUT2D eigenvalue weighted by molar-refractivity contribution is 5.34. The third kappa shape index (κ3) is 1.45. The number of hydrogen-bond acceptors (Lipinski definition) is 0. The number of hydrogen-bond donors (Lipinski definition) is 0. The first-order valence-electron chi connectivity index (χ1n) is 3.77. The zero-order chi connectivity index (χ0) is 9.26. The largest absolute Gasteiger partial charge is 0.321 e. The predicted molar refractivity (Wildman–Crippen MR) is 44.5 cm³/mol. The zero-order valence-corrected chi connectivity index (χ0v) is 6.67. The first kappa shape index (κ1) is 7.98. The molecular weight excluding hydrogens is 172 g/mol. The van der Waals surface area contributed by atoms with Crippen LogP contribution in [0.1, 0.15) is 0 Å². The van der Waals surface area contributed by atoms with E-state index in [1.54, 1.807) is 18.5 Å². The standard InChI is InChI=1S/C10H6F2N/c11-8-3-4-10(9(12)7-8)13-5-1-2-6-13/h1,3-7H. The van der Waals surface area contributed by atoms with Gasteiger partial charge >= 0.3 is 0 Å². The minimum absolute atomic E-state index is 0.322. The van der Waals surface area contributed by atoms with Crippen LogP contribution < -0.4 is 0 Å². The molecule has 65 valence electrons. The number of rotatable bonds is 1. The summed E-state index contributed by atoms with van der Waals surface area (Å²) in [7, 11) is 0. The van der Waals surface area contributed by atoms with E-state index in [0.717, 1.165) is 6.07 Å². The molecule has 0 saturated carbocycles. The summed E-state index contributed by atoms with van der Waals surface area (Å²) < 4.78 is 27.2. The highest BCUT2D eigenvalue weighted by Gasteiger charge is 2.03. The smallest absolute Gasteiger partial charge is 0.150 e. The zero-order valence-electron chi connectivity index (χ0n) is 6.67. The van der Waals surface area contributed by atoms with Crippen LogP contribution in [0.5, 0.6) is 0 Å². The average Bonchev–Trinajstić information content (AvgIpc) is 2.56. The lowest BCUT2D eigenvalue weighted by molar-refractivity contribution is 0.578. The molecule has 0 aliphatic carbocycles. The van der Waals surface area contributed by atoms with Gasteiger partial charge in [0.15, 0.2) is 0 Å². The Morgan fingerprint density at radius 2 is 2.08 bits per heavy atom. The van der Waals surface area contributed by atoms with Crippen LogP contribution in [0.2, 0.25) is 0 Å². The Kier molecular flexibility index (Phi) is 1.85. The van der Waals surface area contributed by atoms with E-state index in [4.69, 9.17) is 0 Å². The van der Waals surface area contributed by atoms with Gasteiger partial charge in [-0.05, 0) is 18.2 Å². The van der Waals surface area contributed by atoms with E-state index in [1.165, 1.54) is 16.7 Å². The molecule has 0 aliphatic heterocycles. The highest BCUT2D eigenvalue weighted by atomic mass is 19.1. The molecule has 0 fully saturated rings. The summed E-state index contributed by atoms with van der Waals surface area (Å²) >= 11 is 0. The summed E-state index contributed by atoms with van der Waals surface area (Å²) in [4.78, 5) is 0. The second-order valence-electron chi connectivity index (χ2n) is 2.61. The highest BCUT2D eigenvalue weighted by Crippen LogP contribution is 2.14. The molecule has 0 amide bonds. The van der Waals surface area contributed by atoms with E-state index in [2.05, 4.69) is 6.07 Å². The van der Waals surface area contributed by atoms with Crippen molar-refractivity contribution in [2.24, 2.45) is 0 Å². The fourth-order valence-electron chi connectivity index (χ4n) is 1.13. The fraction of sp³-hybridized carbons (Fsp3) is 0. The normalized spacial score (nSPS) is 10.3. The van der Waals surface area contributed by atoms with Crippen LogP contribution in [0.4, 0.5) is 8.78 Å².